The van der Waals surface area contributed by atoms with Crippen LogP contribution in [0.5, 0.6) is 0 Å². The van der Waals surface area contributed by atoms with Gasteiger partial charge in [-0.15, -0.1) is 0 Å². The Kier molecular flexibility index (Phi) is 3.51. The Balaban J connectivity index is 2.91. The van der Waals surface area contributed by atoms with Crippen LogP contribution in [0.1, 0.15) is 58.2 Å². The smallest absolute Gasteiger partial charge is 0.151 e. The molecule has 0 amide bonds. The standard InChI is InChI=1S/C18H20O2/c1-11-6-14(18(3,4)5)7-12(2)17-15(11)8-13(9-19)16(17)10-20/h6-10H,1-5H3. The first kappa shape index (κ1) is 14.4. The van der Waals surface area contributed by atoms with Gasteiger partial charge in [-0.25, -0.2) is 0 Å². The highest BCUT2D eigenvalue weighted by atomic mass is 16.1. The lowest BCUT2D eigenvalue weighted by atomic mass is 9.87. The minimum atomic E-state index is 0.0425. The summed E-state index contributed by atoms with van der Waals surface area (Å²) in [6.45, 7) is 10.5. The molecule has 0 bridgehead atoms. The molecule has 2 aliphatic carbocycles. The lowest BCUT2D eigenvalue weighted by Crippen LogP contribution is -2.10. The third-order valence-electron chi connectivity index (χ3n) is 3.82. The van der Waals surface area contributed by atoms with Gasteiger partial charge in [0.15, 0.2) is 12.6 Å². The average molecular weight is 268 g/mol. The van der Waals surface area contributed by atoms with Crippen LogP contribution in [-0.2, 0) is 5.41 Å². The molecule has 2 rings (SSSR count). The van der Waals surface area contributed by atoms with Gasteiger partial charge in [-0.05, 0) is 53.1 Å². The van der Waals surface area contributed by atoms with Crippen molar-refractivity contribution < 1.29 is 9.59 Å². The third-order valence-corrected chi connectivity index (χ3v) is 3.82. The highest BCUT2D eigenvalue weighted by molar-refractivity contribution is 6.02. The topological polar surface area (TPSA) is 34.1 Å². The Morgan fingerprint density at radius 2 is 1.50 bits per heavy atom. The summed E-state index contributed by atoms with van der Waals surface area (Å²) in [5.74, 6) is 0. The molecular formula is C18H20O2. The Labute approximate surface area is 120 Å². The fraction of sp³-hybridized carbons (Fsp3) is 0.333. The Hall–Kier alpha value is -1.96. The van der Waals surface area contributed by atoms with Gasteiger partial charge < -0.3 is 0 Å². The van der Waals surface area contributed by atoms with Crippen LogP contribution in [-0.4, -0.2) is 12.6 Å². The Bertz CT molecular complexity index is 660. The predicted octanol–water partition coefficient (Wildman–Crippen LogP) is 4.33. The molecule has 0 fully saturated rings. The molecule has 2 nitrogen and oxygen atoms in total. The van der Waals surface area contributed by atoms with Crippen molar-refractivity contribution in [3.05, 3.63) is 46.0 Å². The van der Waals surface area contributed by atoms with Gasteiger partial charge in [0, 0.05) is 11.1 Å². The number of carbonyl (C=O) groups excluding carboxylic acids is 2. The zero-order chi connectivity index (χ0) is 15.1. The summed E-state index contributed by atoms with van der Waals surface area (Å²) >= 11 is 0. The van der Waals surface area contributed by atoms with E-state index in [1.165, 1.54) is 5.56 Å². The zero-order valence-electron chi connectivity index (χ0n) is 12.7. The van der Waals surface area contributed by atoms with Gasteiger partial charge in [-0.3, -0.25) is 9.59 Å². The lowest BCUT2D eigenvalue weighted by molar-refractivity contribution is 0.109. The van der Waals surface area contributed by atoms with E-state index in [0.29, 0.717) is 11.1 Å². The molecule has 0 saturated heterocycles. The van der Waals surface area contributed by atoms with Gasteiger partial charge in [0.2, 0.25) is 0 Å². The van der Waals surface area contributed by atoms with Gasteiger partial charge in [0.05, 0.1) is 0 Å². The molecule has 0 aromatic carbocycles. The average Bonchev–Trinajstić information content (AvgIpc) is 2.69. The highest BCUT2D eigenvalue weighted by Crippen LogP contribution is 2.37. The van der Waals surface area contributed by atoms with Crippen molar-refractivity contribution in [1.82, 2.24) is 0 Å². The van der Waals surface area contributed by atoms with E-state index >= 15 is 0 Å². The van der Waals surface area contributed by atoms with Crippen LogP contribution < -0.4 is 0 Å². The van der Waals surface area contributed by atoms with Crippen LogP contribution in [0.3, 0.4) is 0 Å². The fourth-order valence-electron chi connectivity index (χ4n) is 2.65. The minimum absolute atomic E-state index is 0.0425. The summed E-state index contributed by atoms with van der Waals surface area (Å²) in [6, 6.07) is 6.09. The summed E-state index contributed by atoms with van der Waals surface area (Å²) in [6.07, 6.45) is 1.54. The molecule has 0 heterocycles. The van der Waals surface area contributed by atoms with Crippen LogP contribution >= 0.6 is 0 Å². The molecular weight excluding hydrogens is 248 g/mol. The quantitative estimate of drug-likeness (QED) is 0.760. The molecule has 0 aromatic heterocycles. The van der Waals surface area contributed by atoms with E-state index in [-0.39, 0.29) is 5.41 Å². The van der Waals surface area contributed by atoms with Gasteiger partial charge in [-0.1, -0.05) is 32.9 Å². The van der Waals surface area contributed by atoms with Crippen LogP contribution in [0.25, 0.3) is 11.1 Å². The second kappa shape index (κ2) is 4.86. The van der Waals surface area contributed by atoms with Crippen molar-refractivity contribution >= 4 is 12.6 Å². The molecule has 20 heavy (non-hydrogen) atoms. The summed E-state index contributed by atoms with van der Waals surface area (Å²) in [7, 11) is 0. The molecule has 104 valence electrons. The number of aryl methyl sites for hydroxylation is 2. The fourth-order valence-corrected chi connectivity index (χ4v) is 2.65. The second-order valence-corrected chi connectivity index (χ2v) is 6.40. The normalized spacial score (nSPS) is 11.7. The number of hydrogen-bond acceptors (Lipinski definition) is 2. The lowest BCUT2D eigenvalue weighted by Gasteiger charge is -2.18. The first-order chi connectivity index (χ1) is 9.29. The molecule has 0 saturated carbocycles. The van der Waals surface area contributed by atoms with Crippen molar-refractivity contribution in [3.8, 4) is 11.1 Å². The molecule has 0 unspecified atom stereocenters. The van der Waals surface area contributed by atoms with E-state index in [4.69, 9.17) is 0 Å². The number of carbonyl (C=O) groups is 2. The monoisotopic (exact) mass is 268 g/mol. The summed E-state index contributed by atoms with van der Waals surface area (Å²) in [5.41, 5.74) is 6.27. The Morgan fingerprint density at radius 1 is 0.900 bits per heavy atom. The predicted molar refractivity (Wildman–Crippen MR) is 82.0 cm³/mol. The van der Waals surface area contributed by atoms with Crippen molar-refractivity contribution in [3.63, 3.8) is 0 Å². The van der Waals surface area contributed by atoms with Crippen molar-refractivity contribution in [2.45, 2.75) is 40.0 Å². The molecule has 0 aromatic rings. The van der Waals surface area contributed by atoms with Crippen LogP contribution in [0.2, 0.25) is 0 Å². The maximum absolute atomic E-state index is 11.3. The third kappa shape index (κ3) is 2.26. The molecule has 0 atom stereocenters. The molecule has 2 heteroatoms. The minimum Gasteiger partial charge on any atom is -0.298 e. The van der Waals surface area contributed by atoms with Crippen molar-refractivity contribution in [1.29, 1.82) is 0 Å². The van der Waals surface area contributed by atoms with Crippen LogP contribution in [0.15, 0.2) is 18.2 Å². The van der Waals surface area contributed by atoms with E-state index in [0.717, 1.165) is 34.8 Å². The number of fused-ring (bicyclic) bond motifs is 1. The molecule has 0 radical (unpaired) electrons. The van der Waals surface area contributed by atoms with Crippen LogP contribution in [0, 0.1) is 13.8 Å². The largest absolute Gasteiger partial charge is 0.298 e. The molecule has 2 aliphatic rings. The van der Waals surface area contributed by atoms with Crippen molar-refractivity contribution in [2.75, 3.05) is 0 Å². The SMILES string of the molecule is Cc1cc(C(C)(C)C)cc(C)c2c(C=O)c(C=O)cc1-2. The summed E-state index contributed by atoms with van der Waals surface area (Å²) in [4.78, 5) is 22.5. The van der Waals surface area contributed by atoms with E-state index < -0.39 is 0 Å². The van der Waals surface area contributed by atoms with Crippen LogP contribution in [0.4, 0.5) is 0 Å². The summed E-state index contributed by atoms with van der Waals surface area (Å²) < 4.78 is 0. The Morgan fingerprint density at radius 3 is 2.00 bits per heavy atom. The van der Waals surface area contributed by atoms with E-state index in [1.54, 1.807) is 0 Å². The first-order valence-corrected chi connectivity index (χ1v) is 6.78. The zero-order valence-corrected chi connectivity index (χ0v) is 12.7. The number of aldehydes is 2. The summed E-state index contributed by atoms with van der Waals surface area (Å²) in [5, 5.41) is 0. The van der Waals surface area contributed by atoms with Gasteiger partial charge in [0.25, 0.3) is 0 Å². The van der Waals surface area contributed by atoms with Gasteiger partial charge >= 0.3 is 0 Å². The van der Waals surface area contributed by atoms with Gasteiger partial charge in [0.1, 0.15) is 0 Å². The maximum atomic E-state index is 11.3. The van der Waals surface area contributed by atoms with Gasteiger partial charge in [-0.2, -0.15) is 0 Å². The van der Waals surface area contributed by atoms with E-state index in [9.17, 15) is 9.59 Å². The highest BCUT2D eigenvalue weighted by Gasteiger charge is 2.21. The molecule has 0 spiro atoms. The molecule has 0 aliphatic heterocycles. The number of rotatable bonds is 2. The maximum Gasteiger partial charge on any atom is 0.151 e. The van der Waals surface area contributed by atoms with Crippen molar-refractivity contribution in [2.24, 2.45) is 0 Å². The van der Waals surface area contributed by atoms with E-state index in [1.807, 2.05) is 19.9 Å². The first-order valence-electron chi connectivity index (χ1n) is 6.78. The van der Waals surface area contributed by atoms with E-state index in [2.05, 4.69) is 32.9 Å². The second-order valence-electron chi connectivity index (χ2n) is 6.40. The molecule has 0 N–H and O–H groups in total. The number of hydrogen-bond donors (Lipinski definition) is 0.